The summed E-state index contributed by atoms with van der Waals surface area (Å²) >= 11 is 0. The van der Waals surface area contributed by atoms with Gasteiger partial charge in [0.1, 0.15) is 13.3 Å². The summed E-state index contributed by atoms with van der Waals surface area (Å²) in [5.74, 6) is -3.19. The molecule has 2 unspecified atom stereocenters. The fraction of sp³-hybridized carbons (Fsp3) is 0.279. The Morgan fingerprint density at radius 1 is 0.654 bits per heavy atom. The summed E-state index contributed by atoms with van der Waals surface area (Å²) in [6.07, 6.45) is -0.794. The second-order valence-corrected chi connectivity index (χ2v) is 14.0. The van der Waals surface area contributed by atoms with Crippen LogP contribution in [0.1, 0.15) is 34.4 Å². The fourth-order valence-corrected chi connectivity index (χ4v) is 8.02. The molecule has 4 heterocycles. The van der Waals surface area contributed by atoms with Crippen LogP contribution >= 0.6 is 0 Å². The summed E-state index contributed by atoms with van der Waals surface area (Å²) in [6.45, 7) is 3.52. The minimum Gasteiger partial charge on any atom is -0.389 e. The van der Waals surface area contributed by atoms with Gasteiger partial charge in [0, 0.05) is 59.7 Å². The summed E-state index contributed by atoms with van der Waals surface area (Å²) in [5, 5.41) is 21.5. The Kier molecular flexibility index (Phi) is 8.93. The third-order valence-electron chi connectivity index (χ3n) is 10.7. The van der Waals surface area contributed by atoms with E-state index in [1.54, 1.807) is 13.8 Å². The standard InChI is InChI=1S/C43H40F2N4O3/c1-25-39(41(27-9-5-3-6-10-27)33-17-29(13-15-37(33)46-25)48-21-31(50)22-48)35(19-44)43(52)36(20-45)40-26(2)47-38-16-14-30(49-23-32(51)24-49)18-34(38)42(40)28-11-7-4-8-12-28/h3-18,31-32,35-36,50-51H,19-24H2,1-2H3. The highest BCUT2D eigenvalue weighted by molar-refractivity contribution is 6.05. The molecule has 2 fully saturated rings. The van der Waals surface area contributed by atoms with E-state index < -0.39 is 43.2 Å². The van der Waals surface area contributed by atoms with Gasteiger partial charge in [0.15, 0.2) is 5.78 Å². The molecule has 4 aromatic carbocycles. The van der Waals surface area contributed by atoms with Gasteiger partial charge in [-0.25, -0.2) is 8.78 Å². The van der Waals surface area contributed by atoms with Crippen molar-refractivity contribution in [3.05, 3.63) is 120 Å². The second-order valence-electron chi connectivity index (χ2n) is 14.0. The number of carbonyl (C=O) groups is 1. The van der Waals surface area contributed by atoms with Gasteiger partial charge >= 0.3 is 0 Å². The number of β-amino-alcohol motifs (C(OH)–C–C–N with tert-alkyl or cyclic N) is 2. The zero-order valence-electron chi connectivity index (χ0n) is 29.1. The molecule has 0 bridgehead atoms. The molecule has 6 aromatic rings. The Morgan fingerprint density at radius 2 is 1.04 bits per heavy atom. The van der Waals surface area contributed by atoms with Gasteiger partial charge < -0.3 is 20.0 Å². The molecule has 8 rings (SSSR count). The lowest BCUT2D eigenvalue weighted by atomic mass is 9.78. The molecular formula is C43H40F2N4O3. The molecule has 9 heteroatoms. The molecule has 0 amide bonds. The van der Waals surface area contributed by atoms with Crippen LogP contribution in [-0.2, 0) is 4.79 Å². The van der Waals surface area contributed by atoms with Crippen molar-refractivity contribution in [2.75, 3.05) is 49.3 Å². The van der Waals surface area contributed by atoms with E-state index in [1.165, 1.54) is 0 Å². The third-order valence-corrected chi connectivity index (χ3v) is 10.7. The monoisotopic (exact) mass is 698 g/mol. The van der Waals surface area contributed by atoms with Gasteiger partial charge in [-0.2, -0.15) is 0 Å². The Labute approximate surface area is 301 Å². The molecule has 2 aliphatic rings. The Morgan fingerprint density at radius 3 is 1.38 bits per heavy atom. The maximum atomic E-state index is 15.7. The number of pyridine rings is 2. The van der Waals surface area contributed by atoms with Crippen LogP contribution in [0.2, 0.25) is 0 Å². The first-order valence-electron chi connectivity index (χ1n) is 17.8. The number of alkyl halides is 2. The van der Waals surface area contributed by atoms with E-state index in [1.807, 2.05) is 97.1 Å². The van der Waals surface area contributed by atoms with Crippen molar-refractivity contribution in [2.24, 2.45) is 0 Å². The first kappa shape index (κ1) is 33.9. The number of anilines is 2. The highest BCUT2D eigenvalue weighted by Crippen LogP contribution is 2.44. The zero-order valence-corrected chi connectivity index (χ0v) is 29.1. The van der Waals surface area contributed by atoms with Crippen LogP contribution in [-0.4, -0.2) is 77.7 Å². The van der Waals surface area contributed by atoms with E-state index >= 15 is 8.78 Å². The van der Waals surface area contributed by atoms with Crippen molar-refractivity contribution in [1.29, 1.82) is 0 Å². The van der Waals surface area contributed by atoms with Crippen molar-refractivity contribution in [3.63, 3.8) is 0 Å². The van der Waals surface area contributed by atoms with Crippen LogP contribution < -0.4 is 9.80 Å². The third kappa shape index (κ3) is 5.87. The molecule has 2 N–H and O–H groups in total. The number of nitrogens with zero attached hydrogens (tertiary/aromatic N) is 4. The molecule has 7 nitrogen and oxygen atoms in total. The van der Waals surface area contributed by atoms with Crippen LogP contribution in [0.3, 0.4) is 0 Å². The summed E-state index contributed by atoms with van der Waals surface area (Å²) in [7, 11) is 0. The number of fused-ring (bicyclic) bond motifs is 2. The average Bonchev–Trinajstić information content (AvgIpc) is 3.13. The van der Waals surface area contributed by atoms with Gasteiger partial charge in [-0.05, 0) is 83.6 Å². The van der Waals surface area contributed by atoms with Gasteiger partial charge in [-0.15, -0.1) is 0 Å². The predicted octanol–water partition coefficient (Wildman–Crippen LogP) is 7.47. The van der Waals surface area contributed by atoms with Crippen molar-refractivity contribution >= 4 is 39.0 Å². The number of carbonyl (C=O) groups excluding carboxylic acids is 1. The number of aromatic nitrogens is 2. The normalized spacial score (nSPS) is 16.2. The van der Waals surface area contributed by atoms with Crippen molar-refractivity contribution in [2.45, 2.75) is 37.9 Å². The topological polar surface area (TPSA) is 89.8 Å². The van der Waals surface area contributed by atoms with E-state index in [0.29, 0.717) is 70.9 Å². The number of Topliss-reactive ketones (excluding diaryl/α,β-unsaturated/α-hetero) is 1. The van der Waals surface area contributed by atoms with E-state index in [0.717, 1.165) is 33.3 Å². The molecule has 2 saturated heterocycles. The number of hydrogen-bond acceptors (Lipinski definition) is 7. The molecule has 0 saturated carbocycles. The minimum atomic E-state index is -1.31. The maximum absolute atomic E-state index is 15.7. The summed E-state index contributed by atoms with van der Waals surface area (Å²) in [6, 6.07) is 30.9. The zero-order chi connectivity index (χ0) is 36.1. The highest BCUT2D eigenvalue weighted by atomic mass is 19.1. The fourth-order valence-electron chi connectivity index (χ4n) is 8.02. The van der Waals surface area contributed by atoms with Gasteiger partial charge in [0.05, 0.1) is 35.1 Å². The minimum absolute atomic E-state index is 0.397. The molecule has 2 atom stereocenters. The van der Waals surface area contributed by atoms with E-state index in [-0.39, 0.29) is 0 Å². The Balaban J connectivity index is 1.31. The number of aryl methyl sites for hydroxylation is 2. The van der Waals surface area contributed by atoms with Crippen LogP contribution in [0.15, 0.2) is 97.1 Å². The second kappa shape index (κ2) is 13.7. The van der Waals surface area contributed by atoms with Gasteiger partial charge in [-0.1, -0.05) is 60.7 Å². The van der Waals surface area contributed by atoms with Crippen LogP contribution in [0.25, 0.3) is 44.1 Å². The van der Waals surface area contributed by atoms with Crippen LogP contribution in [0.5, 0.6) is 0 Å². The highest BCUT2D eigenvalue weighted by Gasteiger charge is 2.37. The van der Waals surface area contributed by atoms with Crippen LogP contribution in [0.4, 0.5) is 20.2 Å². The first-order valence-corrected chi connectivity index (χ1v) is 17.8. The number of rotatable bonds is 10. The molecular weight excluding hydrogens is 658 g/mol. The molecule has 2 aromatic heterocycles. The van der Waals surface area contributed by atoms with E-state index in [2.05, 4.69) is 9.80 Å². The molecule has 264 valence electrons. The number of ketones is 1. The Bertz CT molecular complexity index is 2130. The SMILES string of the molecule is Cc1nc2ccc(N3CC(O)C3)cc2c(-c2ccccc2)c1C(CF)C(=O)C(CF)c1c(C)nc2ccc(N3CC(O)C3)cc2c1-c1ccccc1. The van der Waals surface area contributed by atoms with E-state index in [4.69, 9.17) is 9.97 Å². The first-order chi connectivity index (χ1) is 25.2. The molecule has 0 spiro atoms. The molecule has 52 heavy (non-hydrogen) atoms. The summed E-state index contributed by atoms with van der Waals surface area (Å²) in [5.41, 5.74) is 8.07. The predicted molar refractivity (Wildman–Crippen MR) is 203 cm³/mol. The van der Waals surface area contributed by atoms with Crippen LogP contribution in [0, 0.1) is 13.8 Å². The number of aliphatic hydroxyl groups is 2. The van der Waals surface area contributed by atoms with Crippen molar-refractivity contribution in [3.8, 4) is 22.3 Å². The lowest BCUT2D eigenvalue weighted by molar-refractivity contribution is -0.122. The number of hydrogen-bond donors (Lipinski definition) is 2. The smallest absolute Gasteiger partial charge is 0.153 e. The molecule has 2 aliphatic heterocycles. The largest absolute Gasteiger partial charge is 0.389 e. The lowest BCUT2D eigenvalue weighted by Crippen LogP contribution is -2.50. The Hall–Kier alpha value is -5.25. The van der Waals surface area contributed by atoms with Gasteiger partial charge in [0.2, 0.25) is 0 Å². The summed E-state index contributed by atoms with van der Waals surface area (Å²) < 4.78 is 31.5. The molecule has 0 aliphatic carbocycles. The number of halogens is 2. The number of benzene rings is 4. The van der Waals surface area contributed by atoms with Crippen molar-refractivity contribution in [1.82, 2.24) is 9.97 Å². The van der Waals surface area contributed by atoms with Gasteiger partial charge in [0.25, 0.3) is 0 Å². The maximum Gasteiger partial charge on any atom is 0.153 e. The quantitative estimate of drug-likeness (QED) is 0.154. The summed E-state index contributed by atoms with van der Waals surface area (Å²) in [4.78, 5) is 28.9. The number of aliphatic hydroxyl groups excluding tert-OH is 2. The van der Waals surface area contributed by atoms with Gasteiger partial charge in [-0.3, -0.25) is 14.8 Å². The van der Waals surface area contributed by atoms with Crippen molar-refractivity contribution < 1.29 is 23.8 Å². The van der Waals surface area contributed by atoms with E-state index in [9.17, 15) is 15.0 Å². The molecule has 0 radical (unpaired) electrons. The lowest BCUT2D eigenvalue weighted by Gasteiger charge is -2.38. The average molecular weight is 699 g/mol.